The van der Waals surface area contributed by atoms with Crippen LogP contribution in [-0.2, 0) is 35.4 Å². The van der Waals surface area contributed by atoms with Crippen LogP contribution < -0.4 is 14.8 Å². The molecule has 264 valence electrons. The molecule has 3 N–H and O–H groups in total. The minimum absolute atomic E-state index is 0.0165. The zero-order chi connectivity index (χ0) is 34.5. The normalized spacial score (nSPS) is 21.5. The molecular formula is C33H45N3O11S. The highest BCUT2D eigenvalue weighted by atomic mass is 32.2. The van der Waals surface area contributed by atoms with Gasteiger partial charge in [-0.1, -0.05) is 44.2 Å². The fourth-order valence-electron chi connectivity index (χ4n) is 6.21. The van der Waals surface area contributed by atoms with Gasteiger partial charge in [0.05, 0.1) is 36.2 Å². The van der Waals surface area contributed by atoms with E-state index in [1.54, 1.807) is 0 Å². The molecule has 3 aliphatic heterocycles. The number of ether oxygens (including phenoxy) is 5. The van der Waals surface area contributed by atoms with Gasteiger partial charge in [0, 0.05) is 32.6 Å². The van der Waals surface area contributed by atoms with Crippen LogP contribution in [0.1, 0.15) is 45.6 Å². The maximum atomic E-state index is 14.2. The summed E-state index contributed by atoms with van der Waals surface area (Å²) < 4.78 is 57.3. The van der Waals surface area contributed by atoms with Crippen molar-refractivity contribution in [3.05, 3.63) is 54.1 Å². The molecule has 0 unspecified atom stereocenters. The van der Waals surface area contributed by atoms with Crippen LogP contribution in [0.4, 0.5) is 4.79 Å². The Bertz CT molecular complexity index is 1520. The molecule has 0 bridgehead atoms. The first-order chi connectivity index (χ1) is 22.8. The summed E-state index contributed by atoms with van der Waals surface area (Å²) in [6.45, 7) is 5.40. The van der Waals surface area contributed by atoms with Crippen molar-refractivity contribution in [1.29, 1.82) is 0 Å². The van der Waals surface area contributed by atoms with Crippen molar-refractivity contribution in [3.8, 4) is 11.5 Å². The second-order valence-corrected chi connectivity index (χ2v) is 15.1. The van der Waals surface area contributed by atoms with E-state index < -0.39 is 52.0 Å². The molecule has 0 saturated carbocycles. The Morgan fingerprint density at radius 1 is 1.10 bits per heavy atom. The Balaban J connectivity index is 1.36. The van der Waals surface area contributed by atoms with Gasteiger partial charge in [-0.15, -0.1) is 0 Å². The number of alkyl carbamates (subject to hydrolysis) is 1. The SMILES string of the molecule is CC(=O)N(O)CCCC(C)(C)CN(C[C@@H](O)[C@H](Cc1ccccc1)NC(=O)O[C@H]1CO[C@H]2OCC[C@H]21)S(=O)(=O)c1ccc2c(c1)OCO2. The summed E-state index contributed by atoms with van der Waals surface area (Å²) >= 11 is 0. The van der Waals surface area contributed by atoms with Crippen molar-refractivity contribution in [2.24, 2.45) is 11.3 Å². The summed E-state index contributed by atoms with van der Waals surface area (Å²) in [5.74, 6) is 0.149. The third kappa shape index (κ3) is 8.95. The van der Waals surface area contributed by atoms with Crippen molar-refractivity contribution >= 4 is 22.0 Å². The Hall–Kier alpha value is -3.47. The van der Waals surface area contributed by atoms with Crippen LogP contribution in [0.15, 0.2) is 53.4 Å². The van der Waals surface area contributed by atoms with Crippen LogP contribution in [0.5, 0.6) is 11.5 Å². The Kier molecular flexibility index (Phi) is 11.5. The number of benzene rings is 2. The fourth-order valence-corrected chi connectivity index (χ4v) is 7.88. The first kappa shape index (κ1) is 35.8. The maximum Gasteiger partial charge on any atom is 0.407 e. The maximum absolute atomic E-state index is 14.2. The van der Waals surface area contributed by atoms with Crippen LogP contribution >= 0.6 is 0 Å². The van der Waals surface area contributed by atoms with Crippen molar-refractivity contribution in [3.63, 3.8) is 0 Å². The van der Waals surface area contributed by atoms with Crippen molar-refractivity contribution in [2.75, 3.05) is 39.6 Å². The number of carbonyl (C=O) groups excluding carboxylic acids is 2. The highest BCUT2D eigenvalue weighted by Gasteiger charge is 2.44. The van der Waals surface area contributed by atoms with E-state index in [1.165, 1.54) is 29.4 Å². The van der Waals surface area contributed by atoms with Crippen LogP contribution in [0, 0.1) is 11.3 Å². The topological polar surface area (TPSA) is 173 Å². The Labute approximate surface area is 280 Å². The summed E-state index contributed by atoms with van der Waals surface area (Å²) in [6, 6.07) is 12.7. The van der Waals surface area contributed by atoms with Gasteiger partial charge in [0.1, 0.15) is 6.10 Å². The molecule has 3 aliphatic rings. The minimum atomic E-state index is -4.22. The van der Waals surface area contributed by atoms with E-state index in [4.69, 9.17) is 23.7 Å². The first-order valence-electron chi connectivity index (χ1n) is 16.1. The zero-order valence-electron chi connectivity index (χ0n) is 27.4. The lowest BCUT2D eigenvalue weighted by Gasteiger charge is -2.35. The molecule has 5 rings (SSSR count). The zero-order valence-corrected chi connectivity index (χ0v) is 28.3. The van der Waals surface area contributed by atoms with Crippen molar-refractivity contribution in [2.45, 2.75) is 75.9 Å². The summed E-state index contributed by atoms with van der Waals surface area (Å²) in [7, 11) is -4.22. The number of carbonyl (C=O) groups is 2. The smallest absolute Gasteiger partial charge is 0.407 e. The third-order valence-corrected chi connectivity index (χ3v) is 10.7. The molecule has 0 spiro atoms. The average Bonchev–Trinajstić information content (AvgIpc) is 3.79. The number of aliphatic hydroxyl groups excluding tert-OH is 1. The lowest BCUT2D eigenvalue weighted by molar-refractivity contribution is -0.163. The number of sulfonamides is 1. The summed E-state index contributed by atoms with van der Waals surface area (Å²) in [5.41, 5.74) is 0.171. The van der Waals surface area contributed by atoms with E-state index in [2.05, 4.69) is 5.32 Å². The molecule has 2 amide bonds. The molecule has 0 radical (unpaired) electrons. The van der Waals surface area contributed by atoms with Gasteiger partial charge in [0.2, 0.25) is 22.7 Å². The molecule has 3 heterocycles. The van der Waals surface area contributed by atoms with Crippen molar-refractivity contribution < 1.29 is 52.0 Å². The predicted molar refractivity (Wildman–Crippen MR) is 171 cm³/mol. The van der Waals surface area contributed by atoms with E-state index in [0.29, 0.717) is 42.4 Å². The number of hydrogen-bond acceptors (Lipinski definition) is 11. The molecule has 2 saturated heterocycles. The second kappa shape index (κ2) is 15.4. The van der Waals surface area contributed by atoms with Gasteiger partial charge in [-0.2, -0.15) is 4.31 Å². The minimum Gasteiger partial charge on any atom is -0.454 e. The lowest BCUT2D eigenvalue weighted by atomic mass is 9.87. The lowest BCUT2D eigenvalue weighted by Crippen LogP contribution is -2.52. The molecule has 0 aliphatic carbocycles. The van der Waals surface area contributed by atoms with E-state index >= 15 is 0 Å². The molecule has 2 aromatic rings. The van der Waals surface area contributed by atoms with Crippen molar-refractivity contribution in [1.82, 2.24) is 14.7 Å². The van der Waals surface area contributed by atoms with E-state index in [0.717, 1.165) is 5.56 Å². The van der Waals surface area contributed by atoms with Gasteiger partial charge >= 0.3 is 6.09 Å². The van der Waals surface area contributed by atoms with Crippen LogP contribution in [-0.4, -0.2) is 104 Å². The Morgan fingerprint density at radius 2 is 1.85 bits per heavy atom. The number of nitrogens with one attached hydrogen (secondary N) is 1. The van der Waals surface area contributed by atoms with Crippen LogP contribution in [0.3, 0.4) is 0 Å². The number of nitrogens with zero attached hydrogens (tertiary/aromatic N) is 2. The van der Waals surface area contributed by atoms with E-state index in [1.807, 2.05) is 44.2 Å². The quantitative estimate of drug-likeness (QED) is 0.185. The summed E-state index contributed by atoms with van der Waals surface area (Å²) in [6.07, 6.45) is -1.26. The molecular weight excluding hydrogens is 646 g/mol. The largest absolute Gasteiger partial charge is 0.454 e. The standard InChI is InChI=1S/C33H45N3O11S/c1-22(37)36(40)14-7-13-33(2,3)20-35(48(41,42)24-10-11-28-29(17-24)46-21-45-28)18-27(38)26(16-23-8-5-4-6-9-23)34-32(39)47-30-19-44-31-25(30)12-15-43-31/h4-6,8-11,17,25-27,30-31,38,40H,7,12-16,18-21H2,1-3H3,(H,34,39)/t25-,26-,27+,30-,31+/m0/s1. The number of aliphatic hydroxyl groups is 1. The number of hydrogen-bond donors (Lipinski definition) is 3. The van der Waals surface area contributed by atoms with Gasteiger partial charge in [0.25, 0.3) is 0 Å². The molecule has 2 aromatic carbocycles. The molecule has 0 aromatic heterocycles. The molecule has 2 fully saturated rings. The van der Waals surface area contributed by atoms with Gasteiger partial charge in [-0.25, -0.2) is 18.3 Å². The monoisotopic (exact) mass is 691 g/mol. The first-order valence-corrected chi connectivity index (χ1v) is 17.6. The third-order valence-electron chi connectivity index (χ3n) is 8.87. The van der Waals surface area contributed by atoms with Gasteiger partial charge in [0.15, 0.2) is 17.8 Å². The number of fused-ring (bicyclic) bond motifs is 2. The Morgan fingerprint density at radius 3 is 2.60 bits per heavy atom. The van der Waals surface area contributed by atoms with Gasteiger partial charge in [-0.3, -0.25) is 10.0 Å². The summed E-state index contributed by atoms with van der Waals surface area (Å²) in [5, 5.41) is 25.0. The van der Waals surface area contributed by atoms with Gasteiger partial charge in [-0.05, 0) is 48.8 Å². The highest BCUT2D eigenvalue weighted by Crippen LogP contribution is 2.36. The fraction of sp³-hybridized carbons (Fsp3) is 0.576. The number of rotatable bonds is 15. The summed E-state index contributed by atoms with van der Waals surface area (Å²) in [4.78, 5) is 24.6. The average molecular weight is 692 g/mol. The molecule has 14 nitrogen and oxygen atoms in total. The van der Waals surface area contributed by atoms with Crippen LogP contribution in [0.25, 0.3) is 0 Å². The predicted octanol–water partition coefficient (Wildman–Crippen LogP) is 2.91. The van der Waals surface area contributed by atoms with Crippen LogP contribution in [0.2, 0.25) is 0 Å². The molecule has 15 heteroatoms. The number of hydroxylamine groups is 2. The number of amides is 2. The van der Waals surface area contributed by atoms with E-state index in [9.17, 15) is 28.3 Å². The van der Waals surface area contributed by atoms with Gasteiger partial charge < -0.3 is 34.1 Å². The van der Waals surface area contributed by atoms with E-state index in [-0.39, 0.29) is 50.3 Å². The molecule has 48 heavy (non-hydrogen) atoms. The molecule has 5 atom stereocenters. The highest BCUT2D eigenvalue weighted by molar-refractivity contribution is 7.89. The second-order valence-electron chi connectivity index (χ2n) is 13.2.